The molecule has 170 valence electrons. The van der Waals surface area contributed by atoms with Crippen molar-refractivity contribution in [1.82, 2.24) is 9.78 Å². The lowest BCUT2D eigenvalue weighted by molar-refractivity contribution is -0.132. The lowest BCUT2D eigenvalue weighted by atomic mass is 10.0. The van der Waals surface area contributed by atoms with Gasteiger partial charge in [0.05, 0.1) is 24.9 Å². The van der Waals surface area contributed by atoms with Gasteiger partial charge in [-0.25, -0.2) is 9.48 Å². The molecular weight excluding hydrogens is 448 g/mol. The lowest BCUT2D eigenvalue weighted by Gasteiger charge is -2.25. The molecule has 1 aliphatic rings. The fourth-order valence-electron chi connectivity index (χ4n) is 3.56. The van der Waals surface area contributed by atoms with E-state index in [0.29, 0.717) is 28.8 Å². The number of ether oxygens (including phenoxy) is 2. The van der Waals surface area contributed by atoms with Gasteiger partial charge >= 0.3 is 5.97 Å². The van der Waals surface area contributed by atoms with Crippen LogP contribution in [-0.2, 0) is 4.79 Å². The summed E-state index contributed by atoms with van der Waals surface area (Å²) in [5, 5.41) is 19.9. The molecule has 1 aliphatic heterocycles. The standard InChI is InChI=1S/C23H21ClN4O5/c1-3-33-19-7-5-4-6-14(19)18-11-17(23(30)31)27-21-15(12-25-28(18)21)22(29)26-13-8-9-20(32-2)16(24)10-13/h4-12,18,27H,3H2,1-2H3,(H,26,29)(H,30,31)/t18-/m1/s1. The van der Waals surface area contributed by atoms with E-state index in [4.69, 9.17) is 21.1 Å². The van der Waals surface area contributed by atoms with Gasteiger partial charge in [-0.1, -0.05) is 29.8 Å². The van der Waals surface area contributed by atoms with Crippen LogP contribution in [0.15, 0.2) is 60.4 Å². The minimum absolute atomic E-state index is 0.0687. The topological polar surface area (TPSA) is 115 Å². The molecule has 4 rings (SSSR count). The Kier molecular flexibility index (Phi) is 6.23. The number of carboxylic acid groups (broad SMARTS) is 1. The minimum atomic E-state index is -1.16. The number of halogens is 1. The van der Waals surface area contributed by atoms with Gasteiger partial charge in [-0.05, 0) is 37.3 Å². The van der Waals surface area contributed by atoms with Crippen molar-refractivity contribution in [1.29, 1.82) is 0 Å². The summed E-state index contributed by atoms with van der Waals surface area (Å²) in [6, 6.07) is 11.6. The number of anilines is 2. The summed E-state index contributed by atoms with van der Waals surface area (Å²) >= 11 is 6.14. The molecule has 3 aromatic rings. The molecule has 2 aromatic carbocycles. The molecule has 1 aromatic heterocycles. The fraction of sp³-hybridized carbons (Fsp3) is 0.174. The first-order valence-electron chi connectivity index (χ1n) is 10.1. The van der Waals surface area contributed by atoms with Gasteiger partial charge < -0.3 is 25.2 Å². The third-order valence-electron chi connectivity index (χ3n) is 5.06. The molecule has 0 saturated carbocycles. The zero-order valence-corrected chi connectivity index (χ0v) is 18.6. The van der Waals surface area contributed by atoms with Gasteiger partial charge in [-0.2, -0.15) is 5.10 Å². The van der Waals surface area contributed by atoms with Crippen molar-refractivity contribution in [2.45, 2.75) is 13.0 Å². The number of methoxy groups -OCH3 is 1. The fourth-order valence-corrected chi connectivity index (χ4v) is 3.82. The number of hydrogen-bond donors (Lipinski definition) is 3. The molecule has 33 heavy (non-hydrogen) atoms. The van der Waals surface area contributed by atoms with Crippen molar-refractivity contribution < 1.29 is 24.2 Å². The van der Waals surface area contributed by atoms with E-state index in [1.54, 1.807) is 28.9 Å². The van der Waals surface area contributed by atoms with E-state index >= 15 is 0 Å². The second kappa shape index (κ2) is 9.25. The predicted molar refractivity (Wildman–Crippen MR) is 123 cm³/mol. The Balaban J connectivity index is 1.71. The van der Waals surface area contributed by atoms with Gasteiger partial charge in [0.2, 0.25) is 0 Å². The van der Waals surface area contributed by atoms with E-state index in [0.717, 1.165) is 5.56 Å². The molecule has 0 saturated heterocycles. The molecule has 0 radical (unpaired) electrons. The van der Waals surface area contributed by atoms with Crippen LogP contribution in [0.2, 0.25) is 5.02 Å². The molecule has 0 spiro atoms. The van der Waals surface area contributed by atoms with Crippen LogP contribution < -0.4 is 20.1 Å². The average Bonchev–Trinajstić information content (AvgIpc) is 3.23. The van der Waals surface area contributed by atoms with Crippen molar-refractivity contribution in [3.8, 4) is 11.5 Å². The smallest absolute Gasteiger partial charge is 0.352 e. The van der Waals surface area contributed by atoms with Crippen LogP contribution in [-0.4, -0.2) is 40.5 Å². The first kappa shape index (κ1) is 22.2. The number of amides is 1. The van der Waals surface area contributed by atoms with Crippen molar-refractivity contribution in [3.05, 3.63) is 76.6 Å². The first-order chi connectivity index (χ1) is 15.9. The summed E-state index contributed by atoms with van der Waals surface area (Å²) in [7, 11) is 1.50. The zero-order chi connectivity index (χ0) is 23.5. The summed E-state index contributed by atoms with van der Waals surface area (Å²) in [6.45, 7) is 2.31. The SMILES string of the molecule is CCOc1ccccc1[C@H]1C=C(C(=O)O)Nc2c(C(=O)Nc3ccc(OC)c(Cl)c3)cnn21. The number of allylic oxidation sites excluding steroid dienone is 1. The average molecular weight is 469 g/mol. The normalized spacial score (nSPS) is 14.5. The summed E-state index contributed by atoms with van der Waals surface area (Å²) < 4.78 is 12.4. The second-order valence-corrected chi connectivity index (χ2v) is 7.49. The van der Waals surface area contributed by atoms with Crippen molar-refractivity contribution in [3.63, 3.8) is 0 Å². The molecule has 1 amide bonds. The molecular formula is C23H21ClN4O5. The molecule has 2 heterocycles. The number of nitrogens with one attached hydrogen (secondary N) is 2. The highest BCUT2D eigenvalue weighted by molar-refractivity contribution is 6.32. The Morgan fingerprint density at radius 1 is 1.24 bits per heavy atom. The number of fused-ring (bicyclic) bond motifs is 1. The first-order valence-corrected chi connectivity index (χ1v) is 10.5. The third-order valence-corrected chi connectivity index (χ3v) is 5.35. The maximum Gasteiger partial charge on any atom is 0.352 e. The summed E-state index contributed by atoms with van der Waals surface area (Å²) in [4.78, 5) is 24.9. The number of carbonyl (C=O) groups is 2. The van der Waals surface area contributed by atoms with Gasteiger partial charge in [-0.15, -0.1) is 0 Å². The number of hydrogen-bond acceptors (Lipinski definition) is 6. The molecule has 1 atom stereocenters. The summed E-state index contributed by atoms with van der Waals surface area (Å²) in [5.74, 6) is -0.300. The van der Waals surface area contributed by atoms with Crippen LogP contribution in [0.4, 0.5) is 11.5 Å². The maximum atomic E-state index is 13.0. The van der Waals surface area contributed by atoms with Crippen LogP contribution in [0, 0.1) is 0 Å². The van der Waals surface area contributed by atoms with Crippen LogP contribution in [0.5, 0.6) is 11.5 Å². The predicted octanol–water partition coefficient (Wildman–Crippen LogP) is 4.18. The Hall–Kier alpha value is -3.98. The van der Waals surface area contributed by atoms with E-state index in [2.05, 4.69) is 15.7 Å². The van der Waals surface area contributed by atoms with Crippen molar-refractivity contribution >= 4 is 35.0 Å². The summed E-state index contributed by atoms with van der Waals surface area (Å²) in [6.07, 6.45) is 2.92. The number of carbonyl (C=O) groups excluding carboxylic acids is 1. The van der Waals surface area contributed by atoms with E-state index in [9.17, 15) is 14.7 Å². The molecule has 0 aliphatic carbocycles. The maximum absolute atomic E-state index is 13.0. The van der Waals surface area contributed by atoms with E-state index in [1.807, 2.05) is 25.1 Å². The van der Waals surface area contributed by atoms with Gasteiger partial charge in [-0.3, -0.25) is 4.79 Å². The molecule has 3 N–H and O–H groups in total. The van der Waals surface area contributed by atoms with Gasteiger partial charge in [0.25, 0.3) is 5.91 Å². The second-order valence-electron chi connectivity index (χ2n) is 7.08. The largest absolute Gasteiger partial charge is 0.495 e. The third kappa shape index (κ3) is 4.35. The number of carboxylic acids is 1. The Morgan fingerprint density at radius 3 is 2.73 bits per heavy atom. The zero-order valence-electron chi connectivity index (χ0n) is 17.8. The molecule has 0 bridgehead atoms. The monoisotopic (exact) mass is 468 g/mol. The Bertz CT molecular complexity index is 1250. The van der Waals surface area contributed by atoms with Crippen LogP contribution in [0.25, 0.3) is 0 Å². The van der Waals surface area contributed by atoms with Crippen molar-refractivity contribution in [2.75, 3.05) is 24.4 Å². The summed E-state index contributed by atoms with van der Waals surface area (Å²) in [5.41, 5.74) is 1.28. The lowest BCUT2D eigenvalue weighted by Crippen LogP contribution is -2.26. The van der Waals surface area contributed by atoms with E-state index < -0.39 is 17.9 Å². The van der Waals surface area contributed by atoms with Gasteiger partial charge in [0.15, 0.2) is 0 Å². The van der Waals surface area contributed by atoms with E-state index in [-0.39, 0.29) is 17.1 Å². The molecule has 0 fully saturated rings. The minimum Gasteiger partial charge on any atom is -0.495 e. The number of nitrogens with zero attached hydrogens (tertiary/aromatic N) is 2. The number of aromatic nitrogens is 2. The van der Waals surface area contributed by atoms with Gasteiger partial charge in [0.1, 0.15) is 34.6 Å². The van der Waals surface area contributed by atoms with Gasteiger partial charge in [0, 0.05) is 11.3 Å². The highest BCUT2D eigenvalue weighted by atomic mass is 35.5. The number of rotatable bonds is 7. The van der Waals surface area contributed by atoms with Crippen LogP contribution in [0.3, 0.4) is 0 Å². The van der Waals surface area contributed by atoms with E-state index in [1.165, 1.54) is 19.4 Å². The van der Waals surface area contributed by atoms with Crippen molar-refractivity contribution in [2.24, 2.45) is 0 Å². The molecule has 9 nitrogen and oxygen atoms in total. The Morgan fingerprint density at radius 2 is 2.03 bits per heavy atom. The highest BCUT2D eigenvalue weighted by Crippen LogP contribution is 2.36. The molecule has 10 heteroatoms. The number of aliphatic carboxylic acids is 1. The Labute approximate surface area is 194 Å². The highest BCUT2D eigenvalue weighted by Gasteiger charge is 2.30. The van der Waals surface area contributed by atoms with Crippen LogP contribution >= 0.6 is 11.6 Å². The number of para-hydroxylation sites is 1. The molecule has 0 unspecified atom stereocenters. The number of benzene rings is 2. The quantitative estimate of drug-likeness (QED) is 0.476. The van der Waals surface area contributed by atoms with Crippen LogP contribution in [0.1, 0.15) is 28.9 Å².